The van der Waals surface area contributed by atoms with E-state index >= 15 is 0 Å². The molecular weight excluding hydrogens is 246 g/mol. The fourth-order valence-corrected chi connectivity index (χ4v) is 2.17. The zero-order chi connectivity index (χ0) is 14.6. The van der Waals surface area contributed by atoms with E-state index in [2.05, 4.69) is 5.32 Å². The van der Waals surface area contributed by atoms with Gasteiger partial charge in [-0.25, -0.2) is 0 Å². The van der Waals surface area contributed by atoms with Crippen LogP contribution in [0.4, 0.5) is 0 Å². The minimum absolute atomic E-state index is 0.0452. The highest BCUT2D eigenvalue weighted by Crippen LogP contribution is 2.27. The zero-order valence-corrected chi connectivity index (χ0v) is 11.5. The molecule has 4 N–H and O–H groups in total. The van der Waals surface area contributed by atoms with Crippen LogP contribution in [0.15, 0.2) is 18.2 Å². The average molecular weight is 267 g/mol. The fourth-order valence-electron chi connectivity index (χ4n) is 2.17. The molecule has 0 radical (unpaired) electrons. The number of rotatable bonds is 6. The topological polar surface area (TPSA) is 89.8 Å². The molecule has 0 aromatic heterocycles. The third kappa shape index (κ3) is 3.86. The molecule has 5 nitrogen and oxygen atoms in total. The number of carbonyl (C=O) groups is 1. The van der Waals surface area contributed by atoms with E-state index in [1.54, 1.807) is 13.8 Å². The van der Waals surface area contributed by atoms with Crippen molar-refractivity contribution in [3.8, 4) is 11.5 Å². The monoisotopic (exact) mass is 267 g/mol. The first-order valence-electron chi connectivity index (χ1n) is 6.32. The van der Waals surface area contributed by atoms with Gasteiger partial charge in [-0.15, -0.1) is 0 Å². The van der Waals surface area contributed by atoms with Gasteiger partial charge >= 0.3 is 5.97 Å². The van der Waals surface area contributed by atoms with E-state index in [0.717, 1.165) is 6.42 Å². The van der Waals surface area contributed by atoms with Crippen LogP contribution in [0.25, 0.3) is 0 Å². The normalized spacial score (nSPS) is 15.7. The van der Waals surface area contributed by atoms with Crippen molar-refractivity contribution in [3.63, 3.8) is 0 Å². The van der Waals surface area contributed by atoms with Gasteiger partial charge in [-0.3, -0.25) is 10.1 Å². The van der Waals surface area contributed by atoms with Crippen LogP contribution in [0.3, 0.4) is 0 Å². The Hall–Kier alpha value is -1.75. The molecule has 0 aliphatic heterocycles. The van der Waals surface area contributed by atoms with Crippen LogP contribution in [0.1, 0.15) is 45.2 Å². The molecule has 1 aromatic carbocycles. The largest absolute Gasteiger partial charge is 0.508 e. The van der Waals surface area contributed by atoms with E-state index in [1.807, 2.05) is 6.92 Å². The molecule has 1 rings (SSSR count). The Morgan fingerprint density at radius 2 is 1.84 bits per heavy atom. The Morgan fingerprint density at radius 3 is 2.26 bits per heavy atom. The first kappa shape index (κ1) is 15.3. The van der Waals surface area contributed by atoms with E-state index in [9.17, 15) is 20.1 Å². The number of carboxylic acid groups (broad SMARTS) is 1. The minimum Gasteiger partial charge on any atom is -0.508 e. The SMILES string of the molecule is CCCC(C)(NC(C)c1cc(O)cc(O)c1)C(=O)O. The van der Waals surface area contributed by atoms with Crippen molar-refractivity contribution in [2.75, 3.05) is 0 Å². The first-order valence-corrected chi connectivity index (χ1v) is 6.32. The second-order valence-corrected chi connectivity index (χ2v) is 5.04. The summed E-state index contributed by atoms with van der Waals surface area (Å²) in [5.41, 5.74) is -0.393. The summed E-state index contributed by atoms with van der Waals surface area (Å²) < 4.78 is 0. The molecule has 106 valence electrons. The summed E-state index contributed by atoms with van der Waals surface area (Å²) in [6.45, 7) is 5.36. The molecule has 0 saturated carbocycles. The van der Waals surface area contributed by atoms with Crippen LogP contribution >= 0.6 is 0 Å². The lowest BCUT2D eigenvalue weighted by atomic mass is 9.94. The Labute approximate surface area is 112 Å². The molecule has 19 heavy (non-hydrogen) atoms. The standard InChI is InChI=1S/C14H21NO4/c1-4-5-14(3,13(18)19)15-9(2)10-6-11(16)8-12(17)7-10/h6-9,15-17H,4-5H2,1-3H3,(H,18,19). The van der Waals surface area contributed by atoms with Crippen LogP contribution in [0, 0.1) is 0 Å². The molecule has 0 bridgehead atoms. The number of benzene rings is 1. The van der Waals surface area contributed by atoms with E-state index in [1.165, 1.54) is 18.2 Å². The summed E-state index contributed by atoms with van der Waals surface area (Å²) in [6.07, 6.45) is 1.24. The number of aromatic hydroxyl groups is 2. The number of phenolic OH excluding ortho intramolecular Hbond substituents is 2. The fraction of sp³-hybridized carbons (Fsp3) is 0.500. The maximum absolute atomic E-state index is 11.4. The molecule has 0 heterocycles. The summed E-state index contributed by atoms with van der Waals surface area (Å²) in [4.78, 5) is 11.4. The van der Waals surface area contributed by atoms with Gasteiger partial charge in [0.05, 0.1) is 0 Å². The van der Waals surface area contributed by atoms with Crippen LogP contribution in [0.2, 0.25) is 0 Å². The predicted molar refractivity (Wildman–Crippen MR) is 72.3 cm³/mol. The number of phenols is 2. The van der Waals surface area contributed by atoms with E-state index in [-0.39, 0.29) is 17.5 Å². The number of nitrogens with one attached hydrogen (secondary N) is 1. The van der Waals surface area contributed by atoms with Crippen molar-refractivity contribution in [1.29, 1.82) is 0 Å². The Kier molecular flexibility index (Phi) is 4.78. The lowest BCUT2D eigenvalue weighted by molar-refractivity contribution is -0.144. The number of carboxylic acids is 1. The van der Waals surface area contributed by atoms with Gasteiger partial charge in [-0.2, -0.15) is 0 Å². The van der Waals surface area contributed by atoms with Crippen LogP contribution < -0.4 is 5.32 Å². The average Bonchev–Trinajstić information content (AvgIpc) is 2.27. The van der Waals surface area contributed by atoms with Crippen LogP contribution in [-0.2, 0) is 4.79 Å². The molecule has 5 heteroatoms. The Bertz CT molecular complexity index is 441. The highest BCUT2D eigenvalue weighted by molar-refractivity contribution is 5.78. The third-order valence-electron chi connectivity index (χ3n) is 3.18. The van der Waals surface area contributed by atoms with Gasteiger partial charge in [0.25, 0.3) is 0 Å². The molecule has 0 aliphatic carbocycles. The lowest BCUT2D eigenvalue weighted by Crippen LogP contribution is -2.50. The van der Waals surface area contributed by atoms with Gasteiger partial charge in [-0.1, -0.05) is 13.3 Å². The Balaban J connectivity index is 2.93. The molecule has 0 amide bonds. The van der Waals surface area contributed by atoms with Crippen molar-refractivity contribution in [3.05, 3.63) is 23.8 Å². The van der Waals surface area contributed by atoms with E-state index in [0.29, 0.717) is 12.0 Å². The zero-order valence-electron chi connectivity index (χ0n) is 11.5. The van der Waals surface area contributed by atoms with Crippen molar-refractivity contribution >= 4 is 5.97 Å². The van der Waals surface area contributed by atoms with Gasteiger partial charge < -0.3 is 15.3 Å². The molecule has 2 unspecified atom stereocenters. The Morgan fingerprint density at radius 1 is 1.32 bits per heavy atom. The highest BCUT2D eigenvalue weighted by Gasteiger charge is 2.33. The van der Waals surface area contributed by atoms with Crippen molar-refractivity contribution < 1.29 is 20.1 Å². The number of aliphatic carboxylic acids is 1. The molecular formula is C14H21NO4. The summed E-state index contributed by atoms with van der Waals surface area (Å²) in [5.74, 6) is -1.00. The quantitative estimate of drug-likeness (QED) is 0.635. The minimum atomic E-state index is -1.03. The predicted octanol–water partition coefficient (Wildman–Crippen LogP) is 2.39. The molecule has 0 fully saturated rings. The van der Waals surface area contributed by atoms with Gasteiger partial charge in [0.1, 0.15) is 17.0 Å². The van der Waals surface area contributed by atoms with Gasteiger partial charge in [0, 0.05) is 12.1 Å². The van der Waals surface area contributed by atoms with E-state index < -0.39 is 11.5 Å². The van der Waals surface area contributed by atoms with Crippen LogP contribution in [0.5, 0.6) is 11.5 Å². The second-order valence-electron chi connectivity index (χ2n) is 5.04. The molecule has 0 saturated heterocycles. The third-order valence-corrected chi connectivity index (χ3v) is 3.18. The van der Waals surface area contributed by atoms with Crippen molar-refractivity contribution in [1.82, 2.24) is 5.32 Å². The van der Waals surface area contributed by atoms with Crippen molar-refractivity contribution in [2.45, 2.75) is 45.2 Å². The molecule has 0 spiro atoms. The highest BCUT2D eigenvalue weighted by atomic mass is 16.4. The second kappa shape index (κ2) is 5.93. The number of hydrogen-bond donors (Lipinski definition) is 4. The van der Waals surface area contributed by atoms with E-state index in [4.69, 9.17) is 0 Å². The summed E-state index contributed by atoms with van der Waals surface area (Å²) in [5, 5.41) is 31.2. The van der Waals surface area contributed by atoms with Crippen LogP contribution in [-0.4, -0.2) is 26.8 Å². The summed E-state index contributed by atoms with van der Waals surface area (Å²) in [6, 6.07) is 3.95. The maximum atomic E-state index is 11.4. The van der Waals surface area contributed by atoms with Gasteiger partial charge in [0.2, 0.25) is 0 Å². The molecule has 2 atom stereocenters. The maximum Gasteiger partial charge on any atom is 0.323 e. The molecule has 0 aliphatic rings. The molecule has 1 aromatic rings. The van der Waals surface area contributed by atoms with Gasteiger partial charge in [-0.05, 0) is 38.0 Å². The van der Waals surface area contributed by atoms with Crippen molar-refractivity contribution in [2.24, 2.45) is 0 Å². The summed E-state index contributed by atoms with van der Waals surface area (Å²) >= 11 is 0. The summed E-state index contributed by atoms with van der Waals surface area (Å²) in [7, 11) is 0. The van der Waals surface area contributed by atoms with Gasteiger partial charge in [0.15, 0.2) is 0 Å². The number of hydrogen-bond acceptors (Lipinski definition) is 4. The lowest BCUT2D eigenvalue weighted by Gasteiger charge is -2.30. The first-order chi connectivity index (χ1) is 8.78. The smallest absolute Gasteiger partial charge is 0.323 e.